The van der Waals surface area contributed by atoms with Crippen LogP contribution in [0.3, 0.4) is 0 Å². The number of hydrogen-bond acceptors (Lipinski definition) is 6. The zero-order chi connectivity index (χ0) is 22.4. The molecule has 1 aliphatic heterocycles. The van der Waals surface area contributed by atoms with E-state index in [0.717, 1.165) is 54.6 Å². The molecular weight excluding hydrogens is 394 g/mol. The van der Waals surface area contributed by atoms with Crippen molar-refractivity contribution in [1.29, 1.82) is 0 Å². The fraction of sp³-hybridized carbons (Fsp3) is 0.500. The lowest BCUT2D eigenvalue weighted by molar-refractivity contribution is -0.140. The summed E-state index contributed by atoms with van der Waals surface area (Å²) in [7, 11) is 3.08. The van der Waals surface area contributed by atoms with Gasteiger partial charge < -0.3 is 18.9 Å². The standard InChI is InChI=1S/C24H33N3O4/c1-18-15-22(19(2)27(18)10-6-9-24(29)31-4)23(28)17-25-11-13-26(14-12-25)20-7-5-8-21(16-20)30-3/h5,7-8,15-16H,6,9-14,17H2,1-4H3. The van der Waals surface area contributed by atoms with Gasteiger partial charge in [0.25, 0.3) is 0 Å². The number of anilines is 1. The van der Waals surface area contributed by atoms with Crippen LogP contribution in [0.25, 0.3) is 0 Å². The Hall–Kier alpha value is -2.80. The Labute approximate surface area is 184 Å². The van der Waals surface area contributed by atoms with Crippen LogP contribution in [-0.2, 0) is 16.1 Å². The summed E-state index contributed by atoms with van der Waals surface area (Å²) in [4.78, 5) is 28.9. The number of piperazine rings is 1. The molecule has 0 bridgehead atoms. The molecule has 168 valence electrons. The van der Waals surface area contributed by atoms with E-state index in [1.165, 1.54) is 7.11 Å². The van der Waals surface area contributed by atoms with E-state index in [1.54, 1.807) is 7.11 Å². The lowest BCUT2D eigenvalue weighted by Gasteiger charge is -2.35. The minimum Gasteiger partial charge on any atom is -0.497 e. The lowest BCUT2D eigenvalue weighted by Crippen LogP contribution is -2.48. The van der Waals surface area contributed by atoms with E-state index in [4.69, 9.17) is 9.47 Å². The van der Waals surface area contributed by atoms with Crippen molar-refractivity contribution >= 4 is 17.4 Å². The van der Waals surface area contributed by atoms with Gasteiger partial charge in [-0.25, -0.2) is 0 Å². The summed E-state index contributed by atoms with van der Waals surface area (Å²) in [6.07, 6.45) is 1.08. The van der Waals surface area contributed by atoms with Crippen LogP contribution in [0.2, 0.25) is 0 Å². The molecular formula is C24H33N3O4. The van der Waals surface area contributed by atoms with Gasteiger partial charge in [0.1, 0.15) is 5.75 Å². The molecule has 0 saturated carbocycles. The molecule has 3 rings (SSSR count). The molecule has 0 unspecified atom stereocenters. The predicted octanol–water partition coefficient (Wildman–Crippen LogP) is 3.07. The van der Waals surface area contributed by atoms with Crippen molar-refractivity contribution in [3.63, 3.8) is 0 Å². The molecule has 1 aromatic carbocycles. The molecule has 1 saturated heterocycles. The first-order valence-corrected chi connectivity index (χ1v) is 10.8. The van der Waals surface area contributed by atoms with Crippen molar-refractivity contribution in [2.45, 2.75) is 33.2 Å². The highest BCUT2D eigenvalue weighted by molar-refractivity contribution is 5.99. The van der Waals surface area contributed by atoms with Crippen molar-refractivity contribution in [1.82, 2.24) is 9.47 Å². The average molecular weight is 428 g/mol. The summed E-state index contributed by atoms with van der Waals surface area (Å²) in [6, 6.07) is 10.1. The van der Waals surface area contributed by atoms with E-state index in [9.17, 15) is 9.59 Å². The van der Waals surface area contributed by atoms with Gasteiger partial charge in [-0.15, -0.1) is 0 Å². The van der Waals surface area contributed by atoms with E-state index in [-0.39, 0.29) is 11.8 Å². The number of aromatic nitrogens is 1. The number of rotatable bonds is 9. The maximum atomic E-state index is 13.0. The second-order valence-electron chi connectivity index (χ2n) is 8.00. The smallest absolute Gasteiger partial charge is 0.305 e. The summed E-state index contributed by atoms with van der Waals surface area (Å²) in [5, 5.41) is 0. The van der Waals surface area contributed by atoms with Crippen LogP contribution >= 0.6 is 0 Å². The maximum Gasteiger partial charge on any atom is 0.305 e. The van der Waals surface area contributed by atoms with Gasteiger partial charge in [-0.05, 0) is 38.5 Å². The Balaban J connectivity index is 1.55. The van der Waals surface area contributed by atoms with Crippen LogP contribution in [0.1, 0.15) is 34.6 Å². The maximum absolute atomic E-state index is 13.0. The van der Waals surface area contributed by atoms with Crippen LogP contribution < -0.4 is 9.64 Å². The third kappa shape index (κ3) is 5.67. The molecule has 0 radical (unpaired) electrons. The zero-order valence-corrected chi connectivity index (χ0v) is 19.0. The van der Waals surface area contributed by atoms with Gasteiger partial charge in [0.05, 0.1) is 20.8 Å². The van der Waals surface area contributed by atoms with E-state index >= 15 is 0 Å². The van der Waals surface area contributed by atoms with Crippen LogP contribution in [0, 0.1) is 13.8 Å². The number of aryl methyl sites for hydroxylation is 1. The summed E-state index contributed by atoms with van der Waals surface area (Å²) < 4.78 is 12.2. The monoisotopic (exact) mass is 427 g/mol. The molecule has 1 aliphatic rings. The van der Waals surface area contributed by atoms with Gasteiger partial charge in [0, 0.05) is 67.8 Å². The van der Waals surface area contributed by atoms with Crippen LogP contribution in [-0.4, -0.2) is 68.2 Å². The van der Waals surface area contributed by atoms with Gasteiger partial charge in [-0.2, -0.15) is 0 Å². The largest absolute Gasteiger partial charge is 0.497 e. The number of ether oxygens (including phenoxy) is 2. The van der Waals surface area contributed by atoms with Crippen molar-refractivity contribution in [2.24, 2.45) is 0 Å². The number of carbonyl (C=O) groups is 2. The van der Waals surface area contributed by atoms with Crippen molar-refractivity contribution in [3.05, 3.63) is 47.3 Å². The fourth-order valence-electron chi connectivity index (χ4n) is 4.17. The number of Topliss-reactive ketones (excluding diaryl/α,β-unsaturated/α-hetero) is 1. The number of benzene rings is 1. The first kappa shape index (κ1) is 22.9. The Kier molecular flexibility index (Phi) is 7.74. The number of methoxy groups -OCH3 is 2. The molecule has 1 aromatic heterocycles. The van der Waals surface area contributed by atoms with Gasteiger partial charge in [0.15, 0.2) is 5.78 Å². The van der Waals surface area contributed by atoms with E-state index < -0.39 is 0 Å². The highest BCUT2D eigenvalue weighted by atomic mass is 16.5. The van der Waals surface area contributed by atoms with E-state index in [1.807, 2.05) is 32.0 Å². The molecule has 0 amide bonds. The predicted molar refractivity (Wildman–Crippen MR) is 121 cm³/mol. The molecule has 0 spiro atoms. The molecule has 0 atom stereocenters. The van der Waals surface area contributed by atoms with Crippen LogP contribution in [0.4, 0.5) is 5.69 Å². The molecule has 0 aliphatic carbocycles. The molecule has 2 aromatic rings. The third-order valence-corrected chi connectivity index (χ3v) is 6.02. The van der Waals surface area contributed by atoms with E-state index in [0.29, 0.717) is 25.9 Å². The molecule has 7 nitrogen and oxygen atoms in total. The SMILES string of the molecule is COC(=O)CCCn1c(C)cc(C(=O)CN2CCN(c3cccc(OC)c3)CC2)c1C. The second-order valence-corrected chi connectivity index (χ2v) is 8.00. The fourth-order valence-corrected chi connectivity index (χ4v) is 4.17. The first-order chi connectivity index (χ1) is 14.9. The minimum atomic E-state index is -0.202. The quantitative estimate of drug-likeness (QED) is 0.453. The third-order valence-electron chi connectivity index (χ3n) is 6.02. The second kappa shape index (κ2) is 10.5. The Morgan fingerprint density at radius 1 is 1.03 bits per heavy atom. The van der Waals surface area contributed by atoms with Crippen molar-refractivity contribution in [2.75, 3.05) is 51.8 Å². The van der Waals surface area contributed by atoms with Gasteiger partial charge in [-0.1, -0.05) is 6.07 Å². The van der Waals surface area contributed by atoms with E-state index in [2.05, 4.69) is 26.5 Å². The average Bonchev–Trinajstić information content (AvgIpc) is 3.08. The normalized spacial score (nSPS) is 14.5. The highest BCUT2D eigenvalue weighted by Gasteiger charge is 2.22. The Morgan fingerprint density at radius 3 is 2.45 bits per heavy atom. The van der Waals surface area contributed by atoms with Gasteiger partial charge in [0.2, 0.25) is 0 Å². The van der Waals surface area contributed by atoms with Gasteiger partial charge in [-0.3, -0.25) is 14.5 Å². The Morgan fingerprint density at radius 2 is 1.77 bits per heavy atom. The van der Waals surface area contributed by atoms with Crippen LogP contribution in [0.15, 0.2) is 30.3 Å². The zero-order valence-electron chi connectivity index (χ0n) is 19.0. The van der Waals surface area contributed by atoms with Crippen molar-refractivity contribution in [3.8, 4) is 5.75 Å². The topological polar surface area (TPSA) is 64.0 Å². The highest BCUT2D eigenvalue weighted by Crippen LogP contribution is 2.22. The molecule has 0 N–H and O–H groups in total. The molecule has 7 heteroatoms. The summed E-state index contributed by atoms with van der Waals surface area (Å²) >= 11 is 0. The lowest BCUT2D eigenvalue weighted by atomic mass is 10.1. The number of ketones is 1. The Bertz CT molecular complexity index is 914. The summed E-state index contributed by atoms with van der Waals surface area (Å²) in [5.41, 5.74) is 3.96. The summed E-state index contributed by atoms with van der Waals surface area (Å²) in [6.45, 7) is 8.59. The molecule has 2 heterocycles. The molecule has 1 fully saturated rings. The summed E-state index contributed by atoms with van der Waals surface area (Å²) in [5.74, 6) is 0.811. The number of nitrogens with zero attached hydrogens (tertiary/aromatic N) is 3. The minimum absolute atomic E-state index is 0.155. The van der Waals surface area contributed by atoms with Crippen LogP contribution in [0.5, 0.6) is 5.75 Å². The number of carbonyl (C=O) groups excluding carboxylic acids is 2. The number of esters is 1. The van der Waals surface area contributed by atoms with Gasteiger partial charge >= 0.3 is 5.97 Å². The molecule has 31 heavy (non-hydrogen) atoms. The van der Waals surface area contributed by atoms with Crippen molar-refractivity contribution < 1.29 is 19.1 Å². The number of hydrogen-bond donors (Lipinski definition) is 0. The first-order valence-electron chi connectivity index (χ1n) is 10.8.